The summed E-state index contributed by atoms with van der Waals surface area (Å²) in [6.07, 6.45) is 11.8. The molecule has 5 heterocycles. The van der Waals surface area contributed by atoms with Gasteiger partial charge in [-0.15, -0.1) is 0 Å². The average Bonchev–Trinajstić information content (AvgIpc) is 3.69. The molecule has 4 N–H and O–H groups in total. The van der Waals surface area contributed by atoms with E-state index in [4.69, 9.17) is 0 Å². The van der Waals surface area contributed by atoms with Crippen LogP contribution in [0.5, 0.6) is 0 Å². The van der Waals surface area contributed by atoms with Gasteiger partial charge in [-0.1, -0.05) is 19.3 Å². The molecule has 1 fully saturated rings. The minimum absolute atomic E-state index is 0.0469. The molecule has 0 aliphatic heterocycles. The highest BCUT2D eigenvalue weighted by Gasteiger charge is 2.24. The van der Waals surface area contributed by atoms with Gasteiger partial charge in [0.05, 0.1) is 23.5 Å². The molecule has 0 radical (unpaired) electrons. The molecule has 7 rings (SSSR count). The molecule has 240 valence electrons. The highest BCUT2D eigenvalue weighted by molar-refractivity contribution is 7.88. The van der Waals surface area contributed by atoms with Crippen molar-refractivity contribution in [1.29, 1.82) is 0 Å². The van der Waals surface area contributed by atoms with Crippen LogP contribution in [0, 0.1) is 17.6 Å². The van der Waals surface area contributed by atoms with E-state index in [0.717, 1.165) is 38.4 Å². The molecule has 12 nitrogen and oxygen atoms in total. The van der Waals surface area contributed by atoms with Crippen molar-refractivity contribution in [2.45, 2.75) is 38.6 Å². The lowest BCUT2D eigenvalue weighted by molar-refractivity contribution is -0.120. The summed E-state index contributed by atoms with van der Waals surface area (Å²) in [6.45, 7) is -0.0944. The SMILES string of the molecule is CS(=O)(=O)NCc1cc(F)cc(-c2ccnc3[nH]c(-c4n[nH]c5ncc(-c6cncc(NC(=O)C7CCCCC7)c6)c(F)c45)nc23)c1. The van der Waals surface area contributed by atoms with Crippen LogP contribution in [-0.4, -0.2) is 55.7 Å². The van der Waals surface area contributed by atoms with Gasteiger partial charge in [0.1, 0.15) is 22.8 Å². The maximum absolute atomic E-state index is 16.3. The lowest BCUT2D eigenvalue weighted by Crippen LogP contribution is -2.24. The fourth-order valence-corrected chi connectivity index (χ4v) is 6.40. The monoisotopic (exact) mass is 657 g/mol. The molecule has 5 aromatic heterocycles. The summed E-state index contributed by atoms with van der Waals surface area (Å²) < 4.78 is 56.4. The number of anilines is 1. The number of nitrogens with zero attached hydrogens (tertiary/aromatic N) is 5. The van der Waals surface area contributed by atoms with E-state index in [-0.39, 0.29) is 46.5 Å². The Morgan fingerprint density at radius 3 is 2.62 bits per heavy atom. The van der Waals surface area contributed by atoms with Gasteiger partial charge in [-0.3, -0.25) is 14.9 Å². The van der Waals surface area contributed by atoms with Crippen LogP contribution in [0.15, 0.2) is 55.1 Å². The predicted molar refractivity (Wildman–Crippen MR) is 172 cm³/mol. The Bertz CT molecular complexity index is 2260. The number of imidazole rings is 1. The summed E-state index contributed by atoms with van der Waals surface area (Å²) in [5.41, 5.74) is 3.51. The number of aromatic amines is 2. The fourth-order valence-electron chi connectivity index (χ4n) is 5.97. The molecule has 1 saturated carbocycles. The third kappa shape index (κ3) is 6.31. The summed E-state index contributed by atoms with van der Waals surface area (Å²) in [6, 6.07) is 7.53. The number of carbonyl (C=O) groups excluding carboxylic acids is 1. The zero-order valence-electron chi connectivity index (χ0n) is 25.1. The van der Waals surface area contributed by atoms with Gasteiger partial charge in [-0.25, -0.2) is 36.9 Å². The summed E-state index contributed by atoms with van der Waals surface area (Å²) >= 11 is 0. The Balaban J connectivity index is 1.24. The van der Waals surface area contributed by atoms with Crippen LogP contribution in [-0.2, 0) is 21.4 Å². The normalized spacial score (nSPS) is 14.2. The number of nitrogens with one attached hydrogen (secondary N) is 4. The molecule has 1 aliphatic carbocycles. The van der Waals surface area contributed by atoms with Crippen molar-refractivity contribution in [2.24, 2.45) is 5.92 Å². The number of hydrogen-bond donors (Lipinski definition) is 4. The maximum Gasteiger partial charge on any atom is 0.227 e. The number of H-pyrrole nitrogens is 2. The van der Waals surface area contributed by atoms with Gasteiger partial charge in [0.2, 0.25) is 15.9 Å². The quantitative estimate of drug-likeness (QED) is 0.167. The Morgan fingerprint density at radius 2 is 1.81 bits per heavy atom. The molecule has 0 saturated heterocycles. The lowest BCUT2D eigenvalue weighted by Gasteiger charge is -2.20. The number of aromatic nitrogens is 7. The predicted octanol–water partition coefficient (Wildman–Crippen LogP) is 5.47. The van der Waals surface area contributed by atoms with Gasteiger partial charge >= 0.3 is 0 Å². The van der Waals surface area contributed by atoms with Gasteiger partial charge in [-0.2, -0.15) is 5.10 Å². The Kier molecular flexibility index (Phi) is 7.93. The van der Waals surface area contributed by atoms with Crippen LogP contribution in [0.25, 0.3) is 56.0 Å². The first-order valence-electron chi connectivity index (χ1n) is 15.0. The zero-order chi connectivity index (χ0) is 32.7. The highest BCUT2D eigenvalue weighted by Crippen LogP contribution is 2.35. The van der Waals surface area contributed by atoms with Gasteiger partial charge in [-0.05, 0) is 54.3 Å². The molecule has 6 aromatic rings. The molecule has 1 amide bonds. The van der Waals surface area contributed by atoms with E-state index in [2.05, 4.69) is 45.2 Å². The number of benzene rings is 1. The van der Waals surface area contributed by atoms with Crippen molar-refractivity contribution in [3.8, 4) is 33.8 Å². The summed E-state index contributed by atoms with van der Waals surface area (Å²) in [7, 11) is -3.49. The van der Waals surface area contributed by atoms with Crippen molar-refractivity contribution in [1.82, 2.24) is 39.8 Å². The number of pyridine rings is 3. The number of rotatable bonds is 8. The summed E-state index contributed by atoms with van der Waals surface area (Å²) in [4.78, 5) is 33.5. The molecule has 1 aliphatic rings. The first-order valence-corrected chi connectivity index (χ1v) is 16.9. The Morgan fingerprint density at radius 1 is 0.979 bits per heavy atom. The Labute approximate surface area is 267 Å². The van der Waals surface area contributed by atoms with Crippen molar-refractivity contribution in [3.63, 3.8) is 0 Å². The minimum atomic E-state index is -3.49. The van der Waals surface area contributed by atoms with E-state index in [9.17, 15) is 17.6 Å². The Hall–Kier alpha value is -5.15. The second-order valence-corrected chi connectivity index (χ2v) is 13.5. The molecule has 15 heteroatoms. The number of fused-ring (bicyclic) bond motifs is 2. The number of halogens is 2. The first kappa shape index (κ1) is 30.5. The molecular formula is C32H29F2N9O3S. The second kappa shape index (κ2) is 12.2. The topological polar surface area (TPSA) is 171 Å². The van der Waals surface area contributed by atoms with E-state index in [1.807, 2.05) is 0 Å². The van der Waals surface area contributed by atoms with Gasteiger partial charge in [0, 0.05) is 47.7 Å². The minimum Gasteiger partial charge on any atom is -0.324 e. The van der Waals surface area contributed by atoms with E-state index in [1.165, 1.54) is 36.9 Å². The van der Waals surface area contributed by atoms with Gasteiger partial charge < -0.3 is 10.3 Å². The van der Waals surface area contributed by atoms with Crippen LogP contribution in [0.1, 0.15) is 37.7 Å². The fraction of sp³-hybridized carbons (Fsp3) is 0.250. The van der Waals surface area contributed by atoms with Gasteiger partial charge in [0.25, 0.3) is 0 Å². The van der Waals surface area contributed by atoms with Crippen LogP contribution in [0.3, 0.4) is 0 Å². The zero-order valence-corrected chi connectivity index (χ0v) is 26.0. The number of carbonyl (C=O) groups is 1. The molecule has 0 unspecified atom stereocenters. The molecule has 0 bridgehead atoms. The second-order valence-electron chi connectivity index (χ2n) is 11.7. The largest absolute Gasteiger partial charge is 0.324 e. The van der Waals surface area contributed by atoms with Crippen LogP contribution in [0.4, 0.5) is 14.5 Å². The van der Waals surface area contributed by atoms with Crippen LogP contribution in [0.2, 0.25) is 0 Å². The number of hydrogen-bond acceptors (Lipinski definition) is 8. The van der Waals surface area contributed by atoms with Crippen molar-refractivity contribution < 1.29 is 22.0 Å². The third-order valence-corrected chi connectivity index (χ3v) is 8.90. The molecule has 47 heavy (non-hydrogen) atoms. The standard InChI is InChI=1S/C32H29F2N9O3S/c1-47(45,46)38-13-17-9-19(11-21(33)10-17)23-7-8-36-30-27(23)40-31(41-30)28-25-26(34)24(16-37-29(25)43-42-28)20-12-22(15-35-14-20)39-32(44)18-5-3-2-4-6-18/h7-12,14-16,18,38H,2-6,13H2,1H3,(H,39,44)(H,36,40,41)(H,37,42,43). The van der Waals surface area contributed by atoms with E-state index < -0.39 is 21.7 Å². The summed E-state index contributed by atoms with van der Waals surface area (Å²) in [5, 5.41) is 10.1. The smallest absolute Gasteiger partial charge is 0.227 e. The highest BCUT2D eigenvalue weighted by atomic mass is 32.2. The van der Waals surface area contributed by atoms with Crippen LogP contribution < -0.4 is 10.0 Å². The molecule has 0 atom stereocenters. The van der Waals surface area contributed by atoms with Gasteiger partial charge in [0.15, 0.2) is 17.1 Å². The first-order chi connectivity index (χ1) is 22.6. The van der Waals surface area contributed by atoms with E-state index in [0.29, 0.717) is 39.1 Å². The average molecular weight is 658 g/mol. The number of sulfonamides is 1. The van der Waals surface area contributed by atoms with Crippen molar-refractivity contribution in [2.75, 3.05) is 11.6 Å². The van der Waals surface area contributed by atoms with E-state index >= 15 is 4.39 Å². The third-order valence-electron chi connectivity index (χ3n) is 8.23. The van der Waals surface area contributed by atoms with Crippen molar-refractivity contribution >= 4 is 43.8 Å². The molecule has 1 aromatic carbocycles. The van der Waals surface area contributed by atoms with Crippen molar-refractivity contribution in [3.05, 3.63) is 72.3 Å². The molecule has 0 spiro atoms. The summed E-state index contributed by atoms with van der Waals surface area (Å²) in [5.74, 6) is -1.08. The van der Waals surface area contributed by atoms with E-state index in [1.54, 1.807) is 18.2 Å². The lowest BCUT2D eigenvalue weighted by atomic mass is 9.88. The maximum atomic E-state index is 16.3. The van der Waals surface area contributed by atoms with Crippen LogP contribution >= 0.6 is 0 Å². The molecular weight excluding hydrogens is 628 g/mol. The number of amides is 1.